The number of hydrogen-bond acceptors (Lipinski definition) is 4. The normalized spacial score (nSPS) is 15.0. The molecule has 1 aromatic heterocycles. The molecule has 1 fully saturated rings. The van der Waals surface area contributed by atoms with Crippen LogP contribution in [0, 0.1) is 13.8 Å². The monoisotopic (exact) mass is 392 g/mol. The minimum atomic E-state index is 0.00308. The molecule has 2 aromatic carbocycles. The number of ether oxygens (including phenoxy) is 1. The van der Waals surface area contributed by atoms with E-state index >= 15 is 0 Å². The summed E-state index contributed by atoms with van der Waals surface area (Å²) in [5, 5.41) is 4.05. The molecule has 0 bridgehead atoms. The summed E-state index contributed by atoms with van der Waals surface area (Å²) >= 11 is 0. The van der Waals surface area contributed by atoms with Crippen LogP contribution in [0.2, 0.25) is 0 Å². The van der Waals surface area contributed by atoms with Crippen LogP contribution in [0.5, 0.6) is 0 Å². The molecule has 1 N–H and O–H groups in total. The van der Waals surface area contributed by atoms with Gasteiger partial charge in [0.05, 0.1) is 25.9 Å². The minimum Gasteiger partial charge on any atom is -0.464 e. The van der Waals surface area contributed by atoms with Crippen molar-refractivity contribution < 1.29 is 13.9 Å². The van der Waals surface area contributed by atoms with Crippen molar-refractivity contribution >= 4 is 16.9 Å². The molecule has 2 heterocycles. The summed E-state index contributed by atoms with van der Waals surface area (Å²) in [7, 11) is 0. The zero-order valence-corrected chi connectivity index (χ0v) is 17.2. The van der Waals surface area contributed by atoms with Gasteiger partial charge in [-0.05, 0) is 48.2 Å². The Morgan fingerprint density at radius 2 is 1.72 bits per heavy atom. The maximum Gasteiger partial charge on any atom is 0.224 e. The van der Waals surface area contributed by atoms with Crippen LogP contribution >= 0.6 is 0 Å². The van der Waals surface area contributed by atoms with Gasteiger partial charge in [0.2, 0.25) is 5.91 Å². The molecule has 0 radical (unpaired) electrons. The van der Waals surface area contributed by atoms with E-state index in [1.807, 2.05) is 6.07 Å². The van der Waals surface area contributed by atoms with E-state index in [4.69, 9.17) is 9.15 Å². The third-order valence-corrected chi connectivity index (χ3v) is 5.64. The van der Waals surface area contributed by atoms with Gasteiger partial charge in [-0.2, -0.15) is 0 Å². The van der Waals surface area contributed by atoms with Crippen LogP contribution in [0.15, 0.2) is 47.1 Å². The summed E-state index contributed by atoms with van der Waals surface area (Å²) in [4.78, 5) is 14.8. The SMILES string of the molecule is Cc1cc2occ(CC(=O)NCc3ccc(CN4CCOCC4)cc3)c2cc1C. The Morgan fingerprint density at radius 3 is 2.48 bits per heavy atom. The van der Waals surface area contributed by atoms with Crippen LogP contribution in [-0.4, -0.2) is 37.1 Å². The van der Waals surface area contributed by atoms with Gasteiger partial charge in [0, 0.05) is 37.1 Å². The Balaban J connectivity index is 1.31. The van der Waals surface area contributed by atoms with E-state index in [0.29, 0.717) is 13.0 Å². The number of nitrogens with one attached hydrogen (secondary N) is 1. The second kappa shape index (κ2) is 8.80. The summed E-state index contributed by atoms with van der Waals surface area (Å²) in [5.74, 6) is 0.00308. The molecule has 5 heteroatoms. The van der Waals surface area contributed by atoms with Crippen LogP contribution < -0.4 is 5.32 Å². The summed E-state index contributed by atoms with van der Waals surface area (Å²) in [6.07, 6.45) is 2.02. The predicted molar refractivity (Wildman–Crippen MR) is 114 cm³/mol. The van der Waals surface area contributed by atoms with Gasteiger partial charge in [0.25, 0.3) is 0 Å². The number of morpholine rings is 1. The quantitative estimate of drug-likeness (QED) is 0.694. The van der Waals surface area contributed by atoms with E-state index in [2.05, 4.69) is 54.4 Å². The van der Waals surface area contributed by atoms with Crippen LogP contribution in [0.1, 0.15) is 27.8 Å². The van der Waals surface area contributed by atoms with Crippen LogP contribution in [-0.2, 0) is 29.0 Å². The van der Waals surface area contributed by atoms with Crippen molar-refractivity contribution in [3.05, 3.63) is 70.5 Å². The van der Waals surface area contributed by atoms with Crippen LogP contribution in [0.25, 0.3) is 11.0 Å². The molecule has 1 amide bonds. The lowest BCUT2D eigenvalue weighted by molar-refractivity contribution is -0.120. The van der Waals surface area contributed by atoms with Crippen molar-refractivity contribution in [2.45, 2.75) is 33.4 Å². The van der Waals surface area contributed by atoms with E-state index in [0.717, 1.165) is 54.9 Å². The van der Waals surface area contributed by atoms with E-state index in [1.54, 1.807) is 6.26 Å². The highest BCUT2D eigenvalue weighted by atomic mass is 16.5. The number of furan rings is 1. The molecule has 0 unspecified atom stereocenters. The first-order valence-corrected chi connectivity index (χ1v) is 10.2. The Kier molecular flexibility index (Phi) is 5.97. The molecule has 0 saturated carbocycles. The van der Waals surface area contributed by atoms with E-state index in [9.17, 15) is 4.79 Å². The number of benzene rings is 2. The predicted octanol–water partition coefficient (Wildman–Crippen LogP) is 3.74. The van der Waals surface area contributed by atoms with Gasteiger partial charge >= 0.3 is 0 Å². The van der Waals surface area contributed by atoms with Crippen molar-refractivity contribution in [1.29, 1.82) is 0 Å². The minimum absolute atomic E-state index is 0.00308. The molecular formula is C24H28N2O3. The average molecular weight is 392 g/mol. The van der Waals surface area contributed by atoms with Gasteiger partial charge in [0.1, 0.15) is 5.58 Å². The lowest BCUT2D eigenvalue weighted by atomic mass is 10.0. The van der Waals surface area contributed by atoms with Crippen molar-refractivity contribution in [3.8, 4) is 0 Å². The van der Waals surface area contributed by atoms with Crippen LogP contribution in [0.4, 0.5) is 0 Å². The third-order valence-electron chi connectivity index (χ3n) is 5.64. The average Bonchev–Trinajstić information content (AvgIpc) is 3.10. The smallest absolute Gasteiger partial charge is 0.224 e. The van der Waals surface area contributed by atoms with Gasteiger partial charge in [0.15, 0.2) is 0 Å². The second-order valence-corrected chi connectivity index (χ2v) is 7.85. The number of fused-ring (bicyclic) bond motifs is 1. The van der Waals surface area contributed by atoms with Crippen molar-refractivity contribution in [2.75, 3.05) is 26.3 Å². The fourth-order valence-electron chi connectivity index (χ4n) is 3.69. The molecule has 0 atom stereocenters. The number of nitrogens with zero attached hydrogens (tertiary/aromatic N) is 1. The summed E-state index contributed by atoms with van der Waals surface area (Å²) in [5.41, 5.74) is 6.57. The molecule has 5 nitrogen and oxygen atoms in total. The largest absolute Gasteiger partial charge is 0.464 e. The Morgan fingerprint density at radius 1 is 1.03 bits per heavy atom. The third kappa shape index (κ3) is 4.86. The molecule has 152 valence electrons. The van der Waals surface area contributed by atoms with Crippen molar-refractivity contribution in [2.24, 2.45) is 0 Å². The lowest BCUT2D eigenvalue weighted by Gasteiger charge is -2.26. The highest BCUT2D eigenvalue weighted by Gasteiger charge is 2.12. The standard InChI is InChI=1S/C24H28N2O3/c1-17-11-22-21(16-29-23(22)12-18(17)2)13-24(27)25-14-19-3-5-20(6-4-19)15-26-7-9-28-10-8-26/h3-6,11-12,16H,7-10,13-15H2,1-2H3,(H,25,27). The Hall–Kier alpha value is -2.63. The number of aryl methyl sites for hydroxylation is 2. The highest BCUT2D eigenvalue weighted by molar-refractivity contribution is 5.88. The number of carbonyl (C=O) groups excluding carboxylic acids is 1. The van der Waals surface area contributed by atoms with Crippen molar-refractivity contribution in [1.82, 2.24) is 10.2 Å². The molecule has 29 heavy (non-hydrogen) atoms. The van der Waals surface area contributed by atoms with E-state index < -0.39 is 0 Å². The first-order chi connectivity index (χ1) is 14.1. The first-order valence-electron chi connectivity index (χ1n) is 10.2. The van der Waals surface area contributed by atoms with Crippen molar-refractivity contribution in [3.63, 3.8) is 0 Å². The molecule has 0 spiro atoms. The van der Waals surface area contributed by atoms with Gasteiger partial charge in [-0.1, -0.05) is 24.3 Å². The molecule has 3 aromatic rings. The number of carbonyl (C=O) groups is 1. The fourth-order valence-corrected chi connectivity index (χ4v) is 3.69. The maximum absolute atomic E-state index is 12.4. The fraction of sp³-hybridized carbons (Fsp3) is 0.375. The van der Waals surface area contributed by atoms with Gasteiger partial charge in [-0.25, -0.2) is 0 Å². The molecule has 1 aliphatic heterocycles. The van der Waals surface area contributed by atoms with Gasteiger partial charge in [-0.3, -0.25) is 9.69 Å². The zero-order chi connectivity index (χ0) is 20.2. The number of amides is 1. The molecule has 1 saturated heterocycles. The topological polar surface area (TPSA) is 54.7 Å². The summed E-state index contributed by atoms with van der Waals surface area (Å²) in [6.45, 7) is 9.22. The highest BCUT2D eigenvalue weighted by Crippen LogP contribution is 2.25. The number of hydrogen-bond donors (Lipinski definition) is 1. The lowest BCUT2D eigenvalue weighted by Crippen LogP contribution is -2.35. The summed E-state index contributed by atoms with van der Waals surface area (Å²) in [6, 6.07) is 12.6. The molecular weight excluding hydrogens is 364 g/mol. The van der Waals surface area contributed by atoms with Crippen LogP contribution in [0.3, 0.4) is 0 Å². The first kappa shape index (κ1) is 19.7. The molecule has 0 aliphatic carbocycles. The van der Waals surface area contributed by atoms with Gasteiger partial charge < -0.3 is 14.5 Å². The number of rotatable bonds is 6. The molecule has 4 rings (SSSR count). The zero-order valence-electron chi connectivity index (χ0n) is 17.2. The Bertz CT molecular complexity index is 985. The Labute approximate surface area is 171 Å². The summed E-state index contributed by atoms with van der Waals surface area (Å²) < 4.78 is 11.0. The molecule has 1 aliphatic rings. The second-order valence-electron chi connectivity index (χ2n) is 7.85. The maximum atomic E-state index is 12.4. The van der Waals surface area contributed by atoms with Gasteiger partial charge in [-0.15, -0.1) is 0 Å². The van der Waals surface area contributed by atoms with E-state index in [-0.39, 0.29) is 5.91 Å². The van der Waals surface area contributed by atoms with E-state index in [1.165, 1.54) is 16.7 Å².